The molecule has 200 valence electrons. The van der Waals surface area contributed by atoms with E-state index in [-0.39, 0.29) is 43.9 Å². The van der Waals surface area contributed by atoms with Crippen LogP contribution in [0.15, 0.2) is 57.5 Å². The second-order valence-electron chi connectivity index (χ2n) is 7.85. The number of halogens is 6. The first-order chi connectivity index (χ1) is 18.0. The predicted molar refractivity (Wildman–Crippen MR) is 140 cm³/mol. The molecule has 0 unspecified atom stereocenters. The van der Waals surface area contributed by atoms with Gasteiger partial charge in [-0.1, -0.05) is 58.3 Å². The van der Waals surface area contributed by atoms with Gasteiger partial charge in [0.2, 0.25) is 0 Å². The van der Waals surface area contributed by atoms with Gasteiger partial charge >= 0.3 is 12.1 Å². The second kappa shape index (κ2) is 11.1. The van der Waals surface area contributed by atoms with Crippen molar-refractivity contribution >= 4 is 58.2 Å². The predicted octanol–water partition coefficient (Wildman–Crippen LogP) is 5.70. The zero-order valence-electron chi connectivity index (χ0n) is 19.7. The van der Waals surface area contributed by atoms with Crippen molar-refractivity contribution in [2.75, 3.05) is 13.2 Å². The first-order valence-electron chi connectivity index (χ1n) is 11.1. The van der Waals surface area contributed by atoms with Gasteiger partial charge in [0, 0.05) is 15.6 Å². The summed E-state index contributed by atoms with van der Waals surface area (Å²) in [6, 6.07) is 7.28. The number of nitrogens with zero attached hydrogens (tertiary/aromatic N) is 2. The average molecular weight is 606 g/mol. The molecule has 0 aliphatic carbocycles. The molecule has 0 spiro atoms. The summed E-state index contributed by atoms with van der Waals surface area (Å²) >= 11 is 19.1. The maximum absolute atomic E-state index is 14.2. The molecule has 0 bridgehead atoms. The van der Waals surface area contributed by atoms with Crippen LogP contribution in [0.2, 0.25) is 15.1 Å². The summed E-state index contributed by atoms with van der Waals surface area (Å²) in [7, 11) is 0. The monoisotopic (exact) mass is 604 g/mol. The quantitative estimate of drug-likeness (QED) is 0.338. The second-order valence-corrected chi connectivity index (χ2v) is 10.1. The van der Waals surface area contributed by atoms with Crippen LogP contribution >= 0.6 is 46.1 Å². The summed E-state index contributed by atoms with van der Waals surface area (Å²) in [5, 5.41) is 0.780. The third kappa shape index (κ3) is 5.49. The highest BCUT2D eigenvalue weighted by Gasteiger charge is 2.45. The Morgan fingerprint density at radius 2 is 1.79 bits per heavy atom. The number of alkyl halides is 3. The molecule has 3 aromatic rings. The van der Waals surface area contributed by atoms with Crippen molar-refractivity contribution in [3.8, 4) is 5.75 Å². The summed E-state index contributed by atoms with van der Waals surface area (Å²) in [4.78, 5) is 30.0. The highest BCUT2D eigenvalue weighted by Crippen LogP contribution is 2.38. The Morgan fingerprint density at radius 1 is 1.11 bits per heavy atom. The molecule has 4 rings (SSSR count). The number of allylic oxidation sites excluding steroid dienone is 1. The Morgan fingerprint density at radius 3 is 2.39 bits per heavy atom. The van der Waals surface area contributed by atoms with Crippen molar-refractivity contribution in [2.45, 2.75) is 26.1 Å². The van der Waals surface area contributed by atoms with Crippen molar-refractivity contribution in [2.24, 2.45) is 4.99 Å². The number of fused-ring (bicyclic) bond motifs is 1. The number of aromatic nitrogens is 1. The van der Waals surface area contributed by atoms with Crippen LogP contribution in [0.5, 0.6) is 5.75 Å². The standard InChI is InChI=1S/C25H18Cl3F3N2O4S/c1-3-36-20-13(9-15(27)11-16(20)28)10-17-22(34)33-19(12-5-7-14(26)8-6-12)18(23(35)37-4-2)21(25(29,30)31)32-24(33)38-17/h5-11,19H,3-4H2,1-2H3/b17-10-/t19-/m0/s1. The van der Waals surface area contributed by atoms with E-state index in [0.29, 0.717) is 10.6 Å². The molecular formula is C25H18Cl3F3N2O4S. The van der Waals surface area contributed by atoms with E-state index in [9.17, 15) is 22.8 Å². The smallest absolute Gasteiger partial charge is 0.434 e. The Hall–Kier alpha value is -2.79. The molecule has 6 nitrogen and oxygen atoms in total. The van der Waals surface area contributed by atoms with Gasteiger partial charge in [-0.15, -0.1) is 0 Å². The van der Waals surface area contributed by atoms with E-state index in [4.69, 9.17) is 44.3 Å². The van der Waals surface area contributed by atoms with E-state index in [1.807, 2.05) is 0 Å². The van der Waals surface area contributed by atoms with Crippen LogP contribution in [-0.2, 0) is 9.53 Å². The third-order valence-electron chi connectivity index (χ3n) is 5.39. The van der Waals surface area contributed by atoms with Crippen LogP contribution < -0.4 is 19.6 Å². The fourth-order valence-corrected chi connectivity index (χ4v) is 5.61. The molecule has 1 aromatic heterocycles. The zero-order chi connectivity index (χ0) is 27.8. The van der Waals surface area contributed by atoms with Crippen LogP contribution in [0.4, 0.5) is 13.2 Å². The molecule has 13 heteroatoms. The van der Waals surface area contributed by atoms with E-state index in [2.05, 4.69) is 4.99 Å². The normalized spacial score (nSPS) is 15.8. The number of ether oxygens (including phenoxy) is 2. The van der Waals surface area contributed by atoms with Crippen molar-refractivity contribution in [1.82, 2.24) is 4.57 Å². The zero-order valence-corrected chi connectivity index (χ0v) is 22.8. The van der Waals surface area contributed by atoms with Crippen LogP contribution in [0.3, 0.4) is 0 Å². The molecular weight excluding hydrogens is 588 g/mol. The van der Waals surface area contributed by atoms with E-state index in [1.165, 1.54) is 49.4 Å². The lowest BCUT2D eigenvalue weighted by Crippen LogP contribution is -2.41. The maximum Gasteiger partial charge on any atom is 0.434 e. The Kier molecular flexibility index (Phi) is 8.27. The van der Waals surface area contributed by atoms with Gasteiger partial charge < -0.3 is 9.47 Å². The minimum Gasteiger partial charge on any atom is -0.492 e. The molecule has 0 N–H and O–H groups in total. The molecule has 0 saturated carbocycles. The summed E-state index contributed by atoms with van der Waals surface area (Å²) in [5.41, 5.74) is -2.37. The molecule has 1 aliphatic rings. The summed E-state index contributed by atoms with van der Waals surface area (Å²) < 4.78 is 54.2. The number of rotatable bonds is 6. The number of carbonyl (C=O) groups excluding carboxylic acids is 1. The lowest BCUT2D eigenvalue weighted by molar-refractivity contribution is -0.140. The number of hydrogen-bond donors (Lipinski definition) is 0. The van der Waals surface area contributed by atoms with E-state index in [1.54, 1.807) is 6.92 Å². The van der Waals surface area contributed by atoms with Gasteiger partial charge in [-0.2, -0.15) is 13.2 Å². The van der Waals surface area contributed by atoms with Crippen LogP contribution in [-0.4, -0.2) is 29.9 Å². The molecule has 0 radical (unpaired) electrons. The minimum atomic E-state index is -5.01. The molecule has 0 saturated heterocycles. The molecule has 2 heterocycles. The molecule has 0 amide bonds. The van der Waals surface area contributed by atoms with Crippen molar-refractivity contribution < 1.29 is 27.4 Å². The van der Waals surface area contributed by atoms with Gasteiger partial charge in [0.25, 0.3) is 5.56 Å². The highest BCUT2D eigenvalue weighted by atomic mass is 35.5. The Balaban J connectivity index is 2.06. The average Bonchev–Trinajstić information content (AvgIpc) is 3.15. The van der Waals surface area contributed by atoms with Crippen LogP contribution in [0.25, 0.3) is 6.08 Å². The summed E-state index contributed by atoms with van der Waals surface area (Å²) in [6.07, 6.45) is -3.60. The third-order valence-corrected chi connectivity index (χ3v) is 7.13. The lowest BCUT2D eigenvalue weighted by Gasteiger charge is -2.26. The summed E-state index contributed by atoms with van der Waals surface area (Å²) in [5.74, 6) is -0.986. The lowest BCUT2D eigenvalue weighted by atomic mass is 9.95. The first kappa shape index (κ1) is 28.2. The van der Waals surface area contributed by atoms with Crippen LogP contribution in [0, 0.1) is 0 Å². The van der Waals surface area contributed by atoms with Gasteiger partial charge in [-0.25, -0.2) is 9.79 Å². The molecule has 1 atom stereocenters. The van der Waals surface area contributed by atoms with Gasteiger partial charge in [0.05, 0.1) is 34.4 Å². The van der Waals surface area contributed by atoms with Gasteiger partial charge in [0.15, 0.2) is 10.5 Å². The Labute approximate surface area is 233 Å². The van der Waals surface area contributed by atoms with Crippen LogP contribution in [0.1, 0.15) is 31.0 Å². The fraction of sp³-hybridized carbons (Fsp3) is 0.240. The van der Waals surface area contributed by atoms with E-state index in [0.717, 1.165) is 15.9 Å². The SMILES string of the molecule is CCOC(=O)C1=C(C(F)(F)F)N=c2s/c(=C\c3cc(Cl)cc(Cl)c3OCC)c(=O)n2[C@H]1c1ccc(Cl)cc1. The number of thiazole rings is 1. The van der Waals surface area contributed by atoms with Crippen molar-refractivity contribution in [3.05, 3.63) is 93.6 Å². The number of hydrogen-bond acceptors (Lipinski definition) is 6. The number of esters is 1. The van der Waals surface area contributed by atoms with E-state index < -0.39 is 35.0 Å². The van der Waals surface area contributed by atoms with Gasteiger partial charge in [0.1, 0.15) is 5.75 Å². The first-order valence-corrected chi connectivity index (χ1v) is 13.1. The largest absolute Gasteiger partial charge is 0.492 e. The minimum absolute atomic E-state index is 0.0219. The van der Waals surface area contributed by atoms with Crippen molar-refractivity contribution in [3.63, 3.8) is 0 Å². The van der Waals surface area contributed by atoms with Gasteiger partial charge in [-0.05, 0) is 49.8 Å². The Bertz CT molecular complexity index is 1610. The molecule has 1 aliphatic heterocycles. The number of carbonyl (C=O) groups is 1. The topological polar surface area (TPSA) is 69.9 Å². The molecule has 2 aromatic carbocycles. The maximum atomic E-state index is 14.2. The molecule has 0 fully saturated rings. The highest BCUT2D eigenvalue weighted by molar-refractivity contribution is 7.07. The summed E-state index contributed by atoms with van der Waals surface area (Å²) in [6.45, 7) is 3.29. The fourth-order valence-electron chi connectivity index (χ4n) is 3.93. The number of benzene rings is 2. The molecule has 38 heavy (non-hydrogen) atoms. The van der Waals surface area contributed by atoms with E-state index >= 15 is 0 Å². The van der Waals surface area contributed by atoms with Crippen molar-refractivity contribution in [1.29, 1.82) is 0 Å². The van der Waals surface area contributed by atoms with Gasteiger partial charge in [-0.3, -0.25) is 9.36 Å².